The lowest BCUT2D eigenvalue weighted by Crippen LogP contribution is -1.97. The topological polar surface area (TPSA) is 50.9 Å². The van der Waals surface area contributed by atoms with Gasteiger partial charge in [-0.05, 0) is 29.8 Å². The zero-order valence-corrected chi connectivity index (χ0v) is 8.35. The van der Waals surface area contributed by atoms with Gasteiger partial charge in [-0.1, -0.05) is 18.2 Å². The fourth-order valence-corrected chi connectivity index (χ4v) is 1.31. The van der Waals surface area contributed by atoms with Crippen LogP contribution in [0.4, 0.5) is 11.5 Å². The van der Waals surface area contributed by atoms with Crippen molar-refractivity contribution < 1.29 is 0 Å². The van der Waals surface area contributed by atoms with Crippen LogP contribution in [-0.2, 0) is 6.54 Å². The van der Waals surface area contributed by atoms with Crippen molar-refractivity contribution in [3.63, 3.8) is 0 Å². The van der Waals surface area contributed by atoms with E-state index in [1.54, 1.807) is 6.20 Å². The first-order valence-corrected chi connectivity index (χ1v) is 4.85. The number of hydrogen-bond acceptors (Lipinski definition) is 3. The first-order valence-electron chi connectivity index (χ1n) is 4.85. The van der Waals surface area contributed by atoms with Crippen LogP contribution in [0.2, 0.25) is 0 Å². The van der Waals surface area contributed by atoms with Crippen LogP contribution in [0.1, 0.15) is 5.56 Å². The third kappa shape index (κ3) is 2.54. The summed E-state index contributed by atoms with van der Waals surface area (Å²) < 4.78 is 0. The van der Waals surface area contributed by atoms with E-state index in [1.165, 1.54) is 0 Å². The van der Waals surface area contributed by atoms with Crippen LogP contribution in [0, 0.1) is 0 Å². The number of pyridine rings is 1. The lowest BCUT2D eigenvalue weighted by Gasteiger charge is -2.05. The van der Waals surface area contributed by atoms with Gasteiger partial charge in [0.25, 0.3) is 0 Å². The van der Waals surface area contributed by atoms with Gasteiger partial charge in [0.15, 0.2) is 0 Å². The molecule has 3 nitrogen and oxygen atoms in total. The molecule has 2 aromatic rings. The van der Waals surface area contributed by atoms with Gasteiger partial charge in [-0.15, -0.1) is 0 Å². The van der Waals surface area contributed by atoms with Crippen molar-refractivity contribution >= 4 is 11.5 Å². The van der Waals surface area contributed by atoms with Crippen LogP contribution in [0.25, 0.3) is 0 Å². The average molecular weight is 199 g/mol. The third-order valence-corrected chi connectivity index (χ3v) is 2.13. The van der Waals surface area contributed by atoms with Crippen molar-refractivity contribution in [1.82, 2.24) is 4.98 Å². The van der Waals surface area contributed by atoms with Crippen molar-refractivity contribution in [2.24, 2.45) is 5.73 Å². The van der Waals surface area contributed by atoms with Gasteiger partial charge in [0.2, 0.25) is 0 Å². The van der Waals surface area contributed by atoms with Crippen LogP contribution in [0.3, 0.4) is 0 Å². The minimum absolute atomic E-state index is 0.573. The molecule has 0 spiro atoms. The summed E-state index contributed by atoms with van der Waals surface area (Å²) in [6.45, 7) is 0.573. The maximum atomic E-state index is 5.52. The summed E-state index contributed by atoms with van der Waals surface area (Å²) in [5.41, 5.74) is 7.67. The largest absolute Gasteiger partial charge is 0.340 e. The summed E-state index contributed by atoms with van der Waals surface area (Å²) >= 11 is 0. The molecule has 1 aromatic carbocycles. The molecular weight excluding hydrogens is 186 g/mol. The lowest BCUT2D eigenvalue weighted by atomic mass is 10.2. The Kier molecular flexibility index (Phi) is 2.95. The minimum atomic E-state index is 0.573. The normalized spacial score (nSPS) is 9.93. The zero-order chi connectivity index (χ0) is 10.5. The molecule has 15 heavy (non-hydrogen) atoms. The Labute approximate surface area is 89.0 Å². The van der Waals surface area contributed by atoms with Crippen molar-refractivity contribution in [2.75, 3.05) is 5.32 Å². The molecule has 0 amide bonds. The minimum Gasteiger partial charge on any atom is -0.340 e. The quantitative estimate of drug-likeness (QED) is 0.797. The Morgan fingerprint density at radius 2 is 1.87 bits per heavy atom. The van der Waals surface area contributed by atoms with Gasteiger partial charge in [-0.2, -0.15) is 0 Å². The van der Waals surface area contributed by atoms with E-state index >= 15 is 0 Å². The molecule has 0 fully saturated rings. The standard InChI is InChI=1S/C12H13N3/c13-9-10-4-6-11(7-5-10)15-12-3-1-2-8-14-12/h1-8H,9,13H2,(H,14,15). The fourth-order valence-electron chi connectivity index (χ4n) is 1.31. The summed E-state index contributed by atoms with van der Waals surface area (Å²) in [4.78, 5) is 4.18. The first-order chi connectivity index (χ1) is 7.38. The predicted molar refractivity (Wildman–Crippen MR) is 61.9 cm³/mol. The van der Waals surface area contributed by atoms with E-state index in [-0.39, 0.29) is 0 Å². The molecule has 0 radical (unpaired) electrons. The van der Waals surface area contributed by atoms with Crippen molar-refractivity contribution in [3.8, 4) is 0 Å². The average Bonchev–Trinajstić information content (AvgIpc) is 2.31. The zero-order valence-electron chi connectivity index (χ0n) is 8.35. The second kappa shape index (κ2) is 4.57. The van der Waals surface area contributed by atoms with Crippen molar-refractivity contribution in [3.05, 3.63) is 54.2 Å². The SMILES string of the molecule is NCc1ccc(Nc2ccccn2)cc1. The van der Waals surface area contributed by atoms with E-state index in [2.05, 4.69) is 10.3 Å². The van der Waals surface area contributed by atoms with Crippen LogP contribution in [-0.4, -0.2) is 4.98 Å². The first kappa shape index (κ1) is 9.68. The van der Waals surface area contributed by atoms with E-state index in [9.17, 15) is 0 Å². The maximum absolute atomic E-state index is 5.52. The smallest absolute Gasteiger partial charge is 0.130 e. The van der Waals surface area contributed by atoms with E-state index < -0.39 is 0 Å². The number of nitrogens with zero attached hydrogens (tertiary/aromatic N) is 1. The lowest BCUT2D eigenvalue weighted by molar-refractivity contribution is 1.07. The number of hydrogen-bond donors (Lipinski definition) is 2. The Morgan fingerprint density at radius 3 is 2.47 bits per heavy atom. The molecule has 76 valence electrons. The predicted octanol–water partition coefficient (Wildman–Crippen LogP) is 2.28. The number of nitrogens with one attached hydrogen (secondary N) is 1. The highest BCUT2D eigenvalue weighted by atomic mass is 15.0. The third-order valence-electron chi connectivity index (χ3n) is 2.13. The summed E-state index contributed by atoms with van der Waals surface area (Å²) in [6.07, 6.45) is 1.76. The second-order valence-electron chi connectivity index (χ2n) is 3.24. The Morgan fingerprint density at radius 1 is 1.07 bits per heavy atom. The molecule has 0 aliphatic rings. The van der Waals surface area contributed by atoms with Gasteiger partial charge >= 0.3 is 0 Å². The molecule has 1 heterocycles. The van der Waals surface area contributed by atoms with Gasteiger partial charge in [0, 0.05) is 18.4 Å². The molecule has 1 aromatic heterocycles. The van der Waals surface area contributed by atoms with Crippen molar-refractivity contribution in [2.45, 2.75) is 6.54 Å². The van der Waals surface area contributed by atoms with E-state index in [0.717, 1.165) is 17.1 Å². The number of nitrogens with two attached hydrogens (primary N) is 1. The summed E-state index contributed by atoms with van der Waals surface area (Å²) in [7, 11) is 0. The van der Waals surface area contributed by atoms with Crippen molar-refractivity contribution in [1.29, 1.82) is 0 Å². The number of benzene rings is 1. The highest BCUT2D eigenvalue weighted by molar-refractivity contribution is 5.55. The number of rotatable bonds is 3. The van der Waals surface area contributed by atoms with Gasteiger partial charge in [-0.25, -0.2) is 4.98 Å². The van der Waals surface area contributed by atoms with Crippen LogP contribution in [0.15, 0.2) is 48.7 Å². The summed E-state index contributed by atoms with van der Waals surface area (Å²) in [6, 6.07) is 13.8. The van der Waals surface area contributed by atoms with E-state index in [4.69, 9.17) is 5.73 Å². The molecule has 0 saturated carbocycles. The molecule has 0 atom stereocenters. The molecule has 3 N–H and O–H groups in total. The fraction of sp³-hybridized carbons (Fsp3) is 0.0833. The molecule has 0 aliphatic carbocycles. The maximum Gasteiger partial charge on any atom is 0.130 e. The van der Waals surface area contributed by atoms with Gasteiger partial charge in [0.1, 0.15) is 5.82 Å². The molecule has 0 unspecified atom stereocenters. The summed E-state index contributed by atoms with van der Waals surface area (Å²) in [5.74, 6) is 0.845. The molecule has 2 rings (SSSR count). The highest BCUT2D eigenvalue weighted by Gasteiger charge is 1.94. The monoisotopic (exact) mass is 199 g/mol. The van der Waals surface area contributed by atoms with Gasteiger partial charge in [-0.3, -0.25) is 0 Å². The van der Waals surface area contributed by atoms with Gasteiger partial charge in [0.05, 0.1) is 0 Å². The highest BCUT2D eigenvalue weighted by Crippen LogP contribution is 2.14. The Balaban J connectivity index is 2.11. The summed E-state index contributed by atoms with van der Waals surface area (Å²) in [5, 5.41) is 3.20. The van der Waals surface area contributed by atoms with E-state index in [1.807, 2.05) is 42.5 Å². The number of anilines is 2. The molecule has 3 heteroatoms. The van der Waals surface area contributed by atoms with Crippen LogP contribution in [0.5, 0.6) is 0 Å². The Hall–Kier alpha value is -1.87. The molecular formula is C12H13N3. The Bertz CT molecular complexity index is 409. The molecule has 0 aliphatic heterocycles. The van der Waals surface area contributed by atoms with Crippen LogP contribution >= 0.6 is 0 Å². The second-order valence-corrected chi connectivity index (χ2v) is 3.24. The number of aromatic nitrogens is 1. The molecule has 0 saturated heterocycles. The molecule has 0 bridgehead atoms. The van der Waals surface area contributed by atoms with Crippen LogP contribution < -0.4 is 11.1 Å². The van der Waals surface area contributed by atoms with Gasteiger partial charge < -0.3 is 11.1 Å². The van der Waals surface area contributed by atoms with E-state index in [0.29, 0.717) is 6.54 Å².